The summed E-state index contributed by atoms with van der Waals surface area (Å²) in [4.78, 5) is 19.5. The van der Waals surface area contributed by atoms with Crippen molar-refractivity contribution in [1.82, 2.24) is 0 Å². The molecule has 0 aromatic heterocycles. The second-order valence-electron chi connectivity index (χ2n) is 5.79. The molecule has 192 valence electrons. The molecule has 0 aromatic rings. The van der Waals surface area contributed by atoms with Crippen LogP contribution in [0.4, 0.5) is 0 Å². The average Bonchev–Trinajstić information content (AvgIpc) is 2.76. The largest absolute Gasteiger partial charge is 0.481 e. The number of aliphatic carboxylic acids is 1. The van der Waals surface area contributed by atoms with Gasteiger partial charge in [0.25, 0.3) is 0 Å². The molecule has 0 aliphatic rings. The number of Topliss-reactive ketones (excluding diaryl/α,β-unsaturated/α-hetero) is 1. The highest BCUT2D eigenvalue weighted by molar-refractivity contribution is 5.93. The number of carboxylic acids is 1. The number of rotatable bonds is 13. The fraction of sp³-hybridized carbons (Fsp3) is 0.900. The van der Waals surface area contributed by atoms with Gasteiger partial charge in [-0.3, -0.25) is 9.59 Å². The van der Waals surface area contributed by atoms with E-state index in [2.05, 4.69) is 13.8 Å². The molecule has 1 unspecified atom stereocenters. The molecule has 11 nitrogen and oxygen atoms in total. The molecule has 31 heavy (non-hydrogen) atoms. The third kappa shape index (κ3) is 73.3. The third-order valence-electron chi connectivity index (χ3n) is 2.63. The lowest BCUT2D eigenvalue weighted by atomic mass is 10.2. The number of ether oxygens (including phenoxy) is 1. The van der Waals surface area contributed by atoms with Crippen molar-refractivity contribution in [3.63, 3.8) is 0 Å². The van der Waals surface area contributed by atoms with E-state index in [1.54, 1.807) is 0 Å². The smallest absolute Gasteiger partial charge is 0.310 e. The summed E-state index contributed by atoms with van der Waals surface area (Å²) in [5.41, 5.74) is 0. The van der Waals surface area contributed by atoms with Crippen LogP contribution in [0.15, 0.2) is 0 Å². The van der Waals surface area contributed by atoms with E-state index < -0.39 is 5.97 Å². The maximum atomic E-state index is 9.87. The van der Waals surface area contributed by atoms with Crippen LogP contribution in [0.5, 0.6) is 0 Å². The van der Waals surface area contributed by atoms with Gasteiger partial charge in [0.2, 0.25) is 0 Å². The van der Waals surface area contributed by atoms with Gasteiger partial charge in [-0.15, -0.1) is 0 Å². The molecule has 0 fully saturated rings. The molecule has 1 atom stereocenters. The van der Waals surface area contributed by atoms with Crippen LogP contribution in [0.3, 0.4) is 0 Å². The van der Waals surface area contributed by atoms with Crippen LogP contribution in [0.2, 0.25) is 0 Å². The molecule has 11 heteroatoms. The molecule has 0 amide bonds. The molecule has 0 saturated heterocycles. The Bertz CT molecular complexity index is 288. The Morgan fingerprint density at radius 3 is 1.32 bits per heavy atom. The summed E-state index contributed by atoms with van der Waals surface area (Å²) in [6.45, 7) is 5.76. The molecular formula is C20H46O11. The summed E-state index contributed by atoms with van der Waals surface area (Å²) in [6.07, 6.45) is 5.30. The first kappa shape index (κ1) is 40.2. The Balaban J connectivity index is -0.000000101. The number of aliphatic hydroxyl groups is 7. The zero-order valence-corrected chi connectivity index (χ0v) is 19.3. The van der Waals surface area contributed by atoms with Crippen molar-refractivity contribution in [2.45, 2.75) is 65.4 Å². The van der Waals surface area contributed by atoms with Crippen molar-refractivity contribution in [3.8, 4) is 0 Å². The minimum absolute atomic E-state index is 0.0801. The van der Waals surface area contributed by atoms with Crippen LogP contribution in [0.25, 0.3) is 0 Å². The van der Waals surface area contributed by atoms with Crippen LogP contribution in [-0.4, -0.2) is 112 Å². The van der Waals surface area contributed by atoms with Crippen molar-refractivity contribution >= 4 is 11.8 Å². The van der Waals surface area contributed by atoms with Crippen molar-refractivity contribution in [2.24, 2.45) is 0 Å². The predicted molar refractivity (Wildman–Crippen MR) is 117 cm³/mol. The van der Waals surface area contributed by atoms with Crippen molar-refractivity contribution < 1.29 is 55.2 Å². The number of carbonyl (C=O) groups excluding carboxylic acids is 1. The first-order chi connectivity index (χ1) is 14.7. The monoisotopic (exact) mass is 462 g/mol. The molecule has 0 bridgehead atoms. The van der Waals surface area contributed by atoms with Gasteiger partial charge in [-0.05, 0) is 19.8 Å². The fourth-order valence-electron chi connectivity index (χ4n) is 1.27. The van der Waals surface area contributed by atoms with Gasteiger partial charge in [-0.2, -0.15) is 0 Å². The Kier molecular flexibility index (Phi) is 55.6. The molecule has 8 N–H and O–H groups in total. The SMILES string of the molecule is CC(=O)CC(=O)O.CCCCOC(CO)CCCC.OCCO.OCCO.OCCO. The first-order valence-electron chi connectivity index (χ1n) is 10.3. The standard InChI is InChI=1S/C10H22O2.C4H6O3.3C2H6O2/c1-3-5-7-10(9-11)12-8-6-4-2;1-3(5)2-4(6)7;3*3-1-2-4/h10-11H,3-9H2,1-2H3;2H2,1H3,(H,6,7);3*3-4H,1-2H2. The number of unbranched alkanes of at least 4 members (excludes halogenated alkanes) is 2. The molecule has 0 saturated carbocycles. The van der Waals surface area contributed by atoms with Crippen molar-refractivity contribution in [2.75, 3.05) is 52.9 Å². The average molecular weight is 463 g/mol. The van der Waals surface area contributed by atoms with Gasteiger partial charge in [0, 0.05) is 6.61 Å². The van der Waals surface area contributed by atoms with E-state index >= 15 is 0 Å². The van der Waals surface area contributed by atoms with E-state index in [0.717, 1.165) is 32.3 Å². The lowest BCUT2D eigenvalue weighted by Crippen LogP contribution is -2.18. The van der Waals surface area contributed by atoms with Gasteiger partial charge in [-0.1, -0.05) is 33.1 Å². The number of hydrogen-bond acceptors (Lipinski definition) is 10. The number of carboxylic acid groups (broad SMARTS) is 1. The molecule has 0 radical (unpaired) electrons. The predicted octanol–water partition coefficient (Wildman–Crippen LogP) is -0.683. The summed E-state index contributed by atoms with van der Waals surface area (Å²) in [5, 5.41) is 62.5. The van der Waals surface area contributed by atoms with E-state index in [1.165, 1.54) is 13.3 Å². The zero-order chi connectivity index (χ0) is 25.3. The Morgan fingerprint density at radius 2 is 1.13 bits per heavy atom. The number of hydrogen-bond donors (Lipinski definition) is 8. The Morgan fingerprint density at radius 1 is 0.742 bits per heavy atom. The zero-order valence-electron chi connectivity index (χ0n) is 19.3. The fourth-order valence-corrected chi connectivity index (χ4v) is 1.27. The lowest BCUT2D eigenvalue weighted by molar-refractivity contribution is -0.139. The summed E-state index contributed by atoms with van der Waals surface area (Å²) in [7, 11) is 0. The van der Waals surface area contributed by atoms with Crippen LogP contribution in [-0.2, 0) is 14.3 Å². The highest BCUT2D eigenvalue weighted by Crippen LogP contribution is 2.05. The molecule has 0 heterocycles. The number of ketones is 1. The van der Waals surface area contributed by atoms with E-state index in [1.807, 2.05) is 0 Å². The van der Waals surface area contributed by atoms with Crippen LogP contribution >= 0.6 is 0 Å². The quantitative estimate of drug-likeness (QED) is 0.127. The van der Waals surface area contributed by atoms with E-state index in [4.69, 9.17) is 45.6 Å². The second kappa shape index (κ2) is 42.8. The molecule has 0 aromatic carbocycles. The summed E-state index contributed by atoms with van der Waals surface area (Å²) in [5.74, 6) is -1.37. The van der Waals surface area contributed by atoms with Crippen molar-refractivity contribution in [3.05, 3.63) is 0 Å². The van der Waals surface area contributed by atoms with Crippen LogP contribution in [0, 0.1) is 0 Å². The summed E-state index contributed by atoms with van der Waals surface area (Å²) >= 11 is 0. The molecular weight excluding hydrogens is 416 g/mol. The maximum Gasteiger partial charge on any atom is 0.310 e. The van der Waals surface area contributed by atoms with Gasteiger partial charge in [0.15, 0.2) is 0 Å². The maximum absolute atomic E-state index is 9.87. The first-order valence-corrected chi connectivity index (χ1v) is 10.3. The molecule has 0 aliphatic heterocycles. The van der Waals surface area contributed by atoms with E-state index in [9.17, 15) is 9.59 Å². The van der Waals surface area contributed by atoms with Gasteiger partial charge >= 0.3 is 5.97 Å². The van der Waals surface area contributed by atoms with Gasteiger partial charge in [0.1, 0.15) is 12.2 Å². The second-order valence-corrected chi connectivity index (χ2v) is 5.79. The minimum atomic E-state index is -1.06. The Labute approximate surface area is 185 Å². The highest BCUT2D eigenvalue weighted by Gasteiger charge is 2.05. The molecule has 0 spiro atoms. The molecule has 0 rings (SSSR count). The number of carbonyl (C=O) groups is 2. The van der Waals surface area contributed by atoms with Crippen molar-refractivity contribution in [1.29, 1.82) is 0 Å². The normalized spacial score (nSPS) is 9.87. The third-order valence-corrected chi connectivity index (χ3v) is 2.63. The topological polar surface area (TPSA) is 205 Å². The highest BCUT2D eigenvalue weighted by atomic mass is 16.5. The Hall–Kier alpha value is -1.18. The van der Waals surface area contributed by atoms with Crippen LogP contribution < -0.4 is 0 Å². The van der Waals surface area contributed by atoms with Gasteiger partial charge in [-0.25, -0.2) is 0 Å². The van der Waals surface area contributed by atoms with E-state index in [-0.39, 0.29) is 64.6 Å². The lowest BCUT2D eigenvalue weighted by Gasteiger charge is -2.14. The number of aliphatic hydroxyl groups excluding tert-OH is 7. The van der Waals surface area contributed by atoms with E-state index in [0.29, 0.717) is 0 Å². The molecule has 0 aliphatic carbocycles. The van der Waals surface area contributed by atoms with Gasteiger partial charge < -0.3 is 45.6 Å². The minimum Gasteiger partial charge on any atom is -0.481 e. The summed E-state index contributed by atoms with van der Waals surface area (Å²) < 4.78 is 5.48. The summed E-state index contributed by atoms with van der Waals surface area (Å²) in [6, 6.07) is 0. The van der Waals surface area contributed by atoms with Gasteiger partial charge in [0.05, 0.1) is 52.4 Å². The van der Waals surface area contributed by atoms with Crippen LogP contribution in [0.1, 0.15) is 59.3 Å².